The number of aromatic nitrogens is 1. The Morgan fingerprint density at radius 3 is 2.58 bits per heavy atom. The van der Waals surface area contributed by atoms with Gasteiger partial charge in [0.25, 0.3) is 0 Å². The van der Waals surface area contributed by atoms with Crippen molar-refractivity contribution >= 4 is 11.8 Å². The average Bonchev–Trinajstić information content (AvgIpc) is 2.18. The van der Waals surface area contributed by atoms with Crippen LogP contribution in [-0.2, 0) is 11.2 Å². The Hall–Kier alpha value is -2.39. The molecule has 0 aliphatic rings. The molecule has 10 heteroatoms. The second-order valence-electron chi connectivity index (χ2n) is 3.45. The van der Waals surface area contributed by atoms with Gasteiger partial charge in [-0.1, -0.05) is 0 Å². The highest BCUT2D eigenvalue weighted by Gasteiger charge is 2.36. The van der Waals surface area contributed by atoms with Crippen LogP contribution in [0.3, 0.4) is 0 Å². The van der Waals surface area contributed by atoms with Gasteiger partial charge in [0.15, 0.2) is 5.69 Å². The zero-order valence-corrected chi connectivity index (χ0v) is 9.39. The van der Waals surface area contributed by atoms with E-state index >= 15 is 0 Å². The molecule has 1 rings (SSSR count). The van der Waals surface area contributed by atoms with E-state index in [0.717, 1.165) is 6.07 Å². The molecule has 7 nitrogen and oxygen atoms in total. The molecule has 0 atom stereocenters. The Balaban J connectivity index is 3.29. The van der Waals surface area contributed by atoms with Crippen molar-refractivity contribution in [3.8, 4) is 5.75 Å². The molecule has 0 amide bonds. The standard InChI is InChI=1S/C9H7F3N2O5/c1-4-2-6(19-9(10,11)12)8(14(17)18)13-5(4)3-7(15)16/h2H,3H2,1H3,(H,15,16). The fourth-order valence-corrected chi connectivity index (χ4v) is 1.27. The van der Waals surface area contributed by atoms with Gasteiger partial charge in [-0.15, -0.1) is 13.2 Å². The van der Waals surface area contributed by atoms with Crippen molar-refractivity contribution in [3.05, 3.63) is 27.4 Å². The zero-order chi connectivity index (χ0) is 14.8. The summed E-state index contributed by atoms with van der Waals surface area (Å²) in [6, 6.07) is 0.733. The normalized spacial score (nSPS) is 11.2. The second-order valence-corrected chi connectivity index (χ2v) is 3.45. The molecule has 19 heavy (non-hydrogen) atoms. The van der Waals surface area contributed by atoms with E-state index in [1.54, 1.807) is 0 Å². The van der Waals surface area contributed by atoms with Crippen LogP contribution in [0.25, 0.3) is 0 Å². The summed E-state index contributed by atoms with van der Waals surface area (Å²) in [5.41, 5.74) is -0.152. The van der Waals surface area contributed by atoms with Gasteiger partial charge in [0.05, 0.1) is 0 Å². The molecule has 0 aromatic carbocycles. The van der Waals surface area contributed by atoms with Crippen LogP contribution in [0.1, 0.15) is 11.3 Å². The van der Waals surface area contributed by atoms with Gasteiger partial charge >= 0.3 is 18.1 Å². The third-order valence-corrected chi connectivity index (χ3v) is 1.98. The molecule has 0 fully saturated rings. The number of carboxylic acid groups (broad SMARTS) is 1. The lowest BCUT2D eigenvalue weighted by atomic mass is 10.1. The van der Waals surface area contributed by atoms with E-state index in [0.29, 0.717) is 0 Å². The lowest BCUT2D eigenvalue weighted by Gasteiger charge is -2.10. The number of rotatable bonds is 4. The summed E-state index contributed by atoms with van der Waals surface area (Å²) in [7, 11) is 0. The minimum atomic E-state index is -5.10. The van der Waals surface area contributed by atoms with Crippen LogP contribution in [0.15, 0.2) is 6.07 Å². The fraction of sp³-hybridized carbons (Fsp3) is 0.333. The monoisotopic (exact) mass is 280 g/mol. The number of aryl methyl sites for hydroxylation is 1. The summed E-state index contributed by atoms with van der Waals surface area (Å²) < 4.78 is 39.7. The van der Waals surface area contributed by atoms with Crippen LogP contribution in [-0.4, -0.2) is 27.3 Å². The Morgan fingerprint density at radius 1 is 1.58 bits per heavy atom. The quantitative estimate of drug-likeness (QED) is 0.666. The van der Waals surface area contributed by atoms with E-state index in [-0.39, 0.29) is 11.3 Å². The summed E-state index contributed by atoms with van der Waals surface area (Å²) in [5, 5.41) is 19.2. The van der Waals surface area contributed by atoms with Gasteiger partial charge in [0, 0.05) is 5.56 Å². The molecule has 0 spiro atoms. The van der Waals surface area contributed by atoms with Gasteiger partial charge in [0.1, 0.15) is 6.42 Å². The van der Waals surface area contributed by atoms with Crippen LogP contribution in [0.4, 0.5) is 19.0 Å². The summed E-state index contributed by atoms with van der Waals surface area (Å²) in [5.74, 6) is -3.57. The van der Waals surface area contributed by atoms with E-state index < -0.39 is 35.2 Å². The van der Waals surface area contributed by atoms with Gasteiger partial charge in [-0.05, 0) is 22.9 Å². The fourth-order valence-electron chi connectivity index (χ4n) is 1.27. The number of aliphatic carboxylic acids is 1. The number of pyridine rings is 1. The number of hydrogen-bond donors (Lipinski definition) is 1. The number of carboxylic acids is 1. The maximum atomic E-state index is 12.1. The van der Waals surface area contributed by atoms with E-state index in [2.05, 4.69) is 9.72 Å². The highest BCUT2D eigenvalue weighted by Crippen LogP contribution is 2.32. The molecule has 1 aromatic rings. The van der Waals surface area contributed by atoms with Gasteiger partial charge in [0.2, 0.25) is 5.75 Å². The summed E-state index contributed by atoms with van der Waals surface area (Å²) in [6.07, 6.45) is -5.74. The molecule has 0 aliphatic carbocycles. The van der Waals surface area contributed by atoms with Gasteiger partial charge in [-0.3, -0.25) is 4.79 Å². The molecule has 0 aliphatic heterocycles. The summed E-state index contributed by atoms with van der Waals surface area (Å²) in [4.78, 5) is 23.2. The summed E-state index contributed by atoms with van der Waals surface area (Å²) >= 11 is 0. The molecular formula is C9H7F3N2O5. The highest BCUT2D eigenvalue weighted by molar-refractivity contribution is 5.70. The number of hydrogen-bond acceptors (Lipinski definition) is 5. The number of ether oxygens (including phenoxy) is 1. The van der Waals surface area contributed by atoms with Crippen LogP contribution >= 0.6 is 0 Å². The largest absolute Gasteiger partial charge is 0.573 e. The number of nitrogens with zero attached hydrogens (tertiary/aromatic N) is 2. The second kappa shape index (κ2) is 5.08. The van der Waals surface area contributed by atoms with E-state index in [1.165, 1.54) is 6.92 Å². The highest BCUT2D eigenvalue weighted by atomic mass is 19.4. The Kier molecular flexibility index (Phi) is 3.92. The molecule has 1 heterocycles. The van der Waals surface area contributed by atoms with Crippen molar-refractivity contribution in [1.29, 1.82) is 0 Å². The van der Waals surface area contributed by atoms with Crippen LogP contribution in [0, 0.1) is 17.0 Å². The van der Waals surface area contributed by atoms with Crippen molar-refractivity contribution in [3.63, 3.8) is 0 Å². The van der Waals surface area contributed by atoms with Crippen LogP contribution in [0.5, 0.6) is 5.75 Å². The minimum absolute atomic E-state index is 0.0484. The van der Waals surface area contributed by atoms with Crippen molar-refractivity contribution in [2.75, 3.05) is 0 Å². The first-order valence-electron chi connectivity index (χ1n) is 4.72. The van der Waals surface area contributed by atoms with E-state index in [4.69, 9.17) is 5.11 Å². The predicted octanol–water partition coefficient (Wildman–Crippen LogP) is 1.82. The van der Waals surface area contributed by atoms with Gasteiger partial charge < -0.3 is 20.0 Å². The number of halogens is 3. The van der Waals surface area contributed by atoms with Crippen LogP contribution < -0.4 is 4.74 Å². The maximum absolute atomic E-state index is 12.1. The summed E-state index contributed by atoms with van der Waals surface area (Å²) in [6.45, 7) is 1.28. The number of alkyl halides is 3. The SMILES string of the molecule is Cc1cc(OC(F)(F)F)c([N+](=O)[O-])nc1CC(=O)O. The van der Waals surface area contributed by atoms with Crippen LogP contribution in [0.2, 0.25) is 0 Å². The first kappa shape index (κ1) is 14.7. The number of carbonyl (C=O) groups is 1. The van der Waals surface area contributed by atoms with Crippen molar-refractivity contribution in [2.45, 2.75) is 19.7 Å². The number of nitro groups is 1. The molecular weight excluding hydrogens is 273 g/mol. The minimum Gasteiger partial charge on any atom is -0.481 e. The maximum Gasteiger partial charge on any atom is 0.573 e. The van der Waals surface area contributed by atoms with Crippen molar-refractivity contribution in [2.24, 2.45) is 0 Å². The Bertz CT molecular complexity index is 529. The molecule has 104 valence electrons. The smallest absolute Gasteiger partial charge is 0.481 e. The van der Waals surface area contributed by atoms with Gasteiger partial charge in [-0.2, -0.15) is 0 Å². The van der Waals surface area contributed by atoms with Gasteiger partial charge in [-0.25, -0.2) is 0 Å². The average molecular weight is 280 g/mol. The lowest BCUT2D eigenvalue weighted by molar-refractivity contribution is -0.393. The first-order valence-corrected chi connectivity index (χ1v) is 4.72. The topological polar surface area (TPSA) is 103 Å². The molecule has 0 saturated carbocycles. The van der Waals surface area contributed by atoms with E-state index in [9.17, 15) is 28.1 Å². The molecule has 1 aromatic heterocycles. The Morgan fingerprint density at radius 2 is 2.16 bits per heavy atom. The predicted molar refractivity (Wildman–Crippen MR) is 53.7 cm³/mol. The molecule has 1 N–H and O–H groups in total. The molecule has 0 bridgehead atoms. The molecule has 0 saturated heterocycles. The lowest BCUT2D eigenvalue weighted by Crippen LogP contribution is -2.19. The third-order valence-electron chi connectivity index (χ3n) is 1.98. The van der Waals surface area contributed by atoms with Crippen molar-refractivity contribution < 1.29 is 32.7 Å². The molecule has 0 radical (unpaired) electrons. The molecule has 0 unspecified atom stereocenters. The van der Waals surface area contributed by atoms with E-state index in [1.807, 2.05) is 0 Å². The Labute approximate surface area is 103 Å². The zero-order valence-electron chi connectivity index (χ0n) is 9.39. The van der Waals surface area contributed by atoms with Crippen molar-refractivity contribution in [1.82, 2.24) is 4.98 Å². The third kappa shape index (κ3) is 4.08. The first-order chi connectivity index (χ1) is 8.60.